The zero-order valence-electron chi connectivity index (χ0n) is 11.8. The Kier molecular flexibility index (Phi) is 5.42. The van der Waals surface area contributed by atoms with Gasteiger partial charge in [0.1, 0.15) is 6.54 Å². The van der Waals surface area contributed by atoms with Crippen LogP contribution in [0, 0.1) is 6.92 Å². The van der Waals surface area contributed by atoms with E-state index < -0.39 is 18.6 Å². The average Bonchev–Trinajstić information content (AvgIpc) is 2.35. The van der Waals surface area contributed by atoms with Gasteiger partial charge in [-0.25, -0.2) is 0 Å². The Balaban J connectivity index is 3.00. The minimum atomic E-state index is -4.39. The van der Waals surface area contributed by atoms with Crippen molar-refractivity contribution < 1.29 is 18.0 Å². The molecule has 1 N–H and O–H groups in total. The third-order valence-electron chi connectivity index (χ3n) is 2.90. The van der Waals surface area contributed by atoms with Crippen molar-refractivity contribution >= 4 is 11.6 Å². The second kappa shape index (κ2) is 6.63. The molecule has 6 heteroatoms. The molecule has 0 bridgehead atoms. The van der Waals surface area contributed by atoms with Gasteiger partial charge in [-0.05, 0) is 37.1 Å². The monoisotopic (exact) mass is 288 g/mol. The van der Waals surface area contributed by atoms with Gasteiger partial charge in [-0.3, -0.25) is 4.79 Å². The molecule has 1 aromatic rings. The van der Waals surface area contributed by atoms with Gasteiger partial charge in [-0.2, -0.15) is 13.2 Å². The highest BCUT2D eigenvalue weighted by Gasteiger charge is 2.33. The summed E-state index contributed by atoms with van der Waals surface area (Å²) in [5.74, 6) is -0.579. The van der Waals surface area contributed by atoms with Gasteiger partial charge < -0.3 is 10.2 Å². The Morgan fingerprint density at radius 2 is 2.00 bits per heavy atom. The summed E-state index contributed by atoms with van der Waals surface area (Å²) in [6, 6.07) is 4.98. The molecule has 0 aliphatic rings. The molecule has 0 unspecified atom stereocenters. The predicted octanol–water partition coefficient (Wildman–Crippen LogP) is 3.45. The van der Waals surface area contributed by atoms with Gasteiger partial charge in [0.2, 0.25) is 0 Å². The number of hydrogen-bond acceptors (Lipinski definition) is 2. The van der Waals surface area contributed by atoms with E-state index in [0.717, 1.165) is 10.6 Å². The van der Waals surface area contributed by atoms with E-state index in [0.29, 0.717) is 17.5 Å². The van der Waals surface area contributed by atoms with Crippen molar-refractivity contribution in [1.82, 2.24) is 4.90 Å². The number of rotatable bonds is 5. The lowest BCUT2D eigenvalue weighted by Gasteiger charge is -2.24. The Morgan fingerprint density at radius 1 is 1.35 bits per heavy atom. The smallest absolute Gasteiger partial charge is 0.388 e. The van der Waals surface area contributed by atoms with E-state index >= 15 is 0 Å². The van der Waals surface area contributed by atoms with Crippen LogP contribution in [0.15, 0.2) is 18.2 Å². The van der Waals surface area contributed by atoms with Crippen LogP contribution in [0.1, 0.15) is 29.3 Å². The topological polar surface area (TPSA) is 32.3 Å². The average molecular weight is 288 g/mol. The van der Waals surface area contributed by atoms with Crippen LogP contribution in [0.25, 0.3) is 0 Å². The summed E-state index contributed by atoms with van der Waals surface area (Å²) in [6.45, 7) is 2.33. The zero-order chi connectivity index (χ0) is 15.3. The first-order chi connectivity index (χ1) is 9.28. The maximum Gasteiger partial charge on any atom is 0.406 e. The fraction of sp³-hybridized carbons (Fsp3) is 0.500. The first kappa shape index (κ1) is 16.3. The highest BCUT2D eigenvalue weighted by molar-refractivity contribution is 5.96. The van der Waals surface area contributed by atoms with Gasteiger partial charge in [0.25, 0.3) is 5.91 Å². The van der Waals surface area contributed by atoms with Crippen LogP contribution in [0.2, 0.25) is 0 Å². The molecule has 1 amide bonds. The molecule has 0 aliphatic carbocycles. The summed E-state index contributed by atoms with van der Waals surface area (Å²) in [6.07, 6.45) is -3.90. The highest BCUT2D eigenvalue weighted by Crippen LogP contribution is 2.21. The standard InChI is InChI=1S/C14H19F3N2O/c1-4-7-19(9-14(15,16)17)13(20)12-6-5-11(18-3)8-10(12)2/h5-6,8,18H,4,7,9H2,1-3H3. The number of nitrogens with zero attached hydrogens (tertiary/aromatic N) is 1. The number of carbonyl (C=O) groups is 1. The lowest BCUT2D eigenvalue weighted by atomic mass is 10.1. The summed E-state index contributed by atoms with van der Waals surface area (Å²) < 4.78 is 37.6. The molecule has 1 aromatic carbocycles. The van der Waals surface area contributed by atoms with Gasteiger partial charge >= 0.3 is 6.18 Å². The number of alkyl halides is 3. The normalized spacial score (nSPS) is 11.3. The summed E-state index contributed by atoms with van der Waals surface area (Å²) in [5, 5.41) is 2.92. The third-order valence-corrected chi connectivity index (χ3v) is 2.90. The fourth-order valence-corrected chi connectivity index (χ4v) is 1.97. The largest absolute Gasteiger partial charge is 0.406 e. The lowest BCUT2D eigenvalue weighted by molar-refractivity contribution is -0.140. The van der Waals surface area contributed by atoms with Crippen molar-refractivity contribution in [2.45, 2.75) is 26.4 Å². The van der Waals surface area contributed by atoms with Crippen LogP contribution in [-0.4, -0.2) is 37.1 Å². The summed E-state index contributed by atoms with van der Waals surface area (Å²) in [5.41, 5.74) is 1.78. The minimum Gasteiger partial charge on any atom is -0.388 e. The van der Waals surface area contributed by atoms with Crippen LogP contribution in [0.3, 0.4) is 0 Å². The summed E-state index contributed by atoms with van der Waals surface area (Å²) in [7, 11) is 1.74. The number of aryl methyl sites for hydroxylation is 1. The van der Waals surface area contributed by atoms with E-state index in [9.17, 15) is 18.0 Å². The molecule has 0 heterocycles. The van der Waals surface area contributed by atoms with Crippen molar-refractivity contribution in [2.75, 3.05) is 25.5 Å². The molecule has 20 heavy (non-hydrogen) atoms. The highest BCUT2D eigenvalue weighted by atomic mass is 19.4. The van der Waals surface area contributed by atoms with E-state index in [4.69, 9.17) is 0 Å². The number of anilines is 1. The molecule has 0 saturated carbocycles. The molecule has 0 atom stereocenters. The van der Waals surface area contributed by atoms with Gasteiger partial charge in [-0.15, -0.1) is 0 Å². The number of hydrogen-bond donors (Lipinski definition) is 1. The van der Waals surface area contributed by atoms with Crippen LogP contribution in [-0.2, 0) is 0 Å². The van der Waals surface area contributed by atoms with Crippen molar-refractivity contribution in [1.29, 1.82) is 0 Å². The van der Waals surface area contributed by atoms with Gasteiger partial charge in [-0.1, -0.05) is 6.92 Å². The number of amides is 1. The Morgan fingerprint density at radius 3 is 2.45 bits per heavy atom. The molecule has 0 spiro atoms. The Bertz CT molecular complexity index is 472. The molecule has 112 valence electrons. The van der Waals surface area contributed by atoms with E-state index in [1.807, 2.05) is 0 Å². The van der Waals surface area contributed by atoms with Crippen LogP contribution in [0.4, 0.5) is 18.9 Å². The molecule has 0 aliphatic heterocycles. The van der Waals surface area contributed by atoms with Crippen molar-refractivity contribution in [2.24, 2.45) is 0 Å². The van der Waals surface area contributed by atoms with E-state index in [1.54, 1.807) is 39.1 Å². The van der Waals surface area contributed by atoms with Gasteiger partial charge in [0.05, 0.1) is 0 Å². The van der Waals surface area contributed by atoms with Gasteiger partial charge in [0, 0.05) is 24.8 Å². The van der Waals surface area contributed by atoms with Crippen molar-refractivity contribution in [3.63, 3.8) is 0 Å². The molecular weight excluding hydrogens is 269 g/mol. The molecular formula is C14H19F3N2O. The maximum atomic E-state index is 12.5. The summed E-state index contributed by atoms with van der Waals surface area (Å²) in [4.78, 5) is 13.1. The third kappa shape index (κ3) is 4.43. The predicted molar refractivity (Wildman–Crippen MR) is 73.0 cm³/mol. The SMILES string of the molecule is CCCN(CC(F)(F)F)C(=O)c1ccc(NC)cc1C. The fourth-order valence-electron chi connectivity index (χ4n) is 1.97. The first-order valence-corrected chi connectivity index (χ1v) is 6.43. The lowest BCUT2D eigenvalue weighted by Crippen LogP contribution is -2.39. The zero-order valence-corrected chi connectivity index (χ0v) is 11.8. The van der Waals surface area contributed by atoms with Crippen molar-refractivity contribution in [3.05, 3.63) is 29.3 Å². The van der Waals surface area contributed by atoms with E-state index in [1.165, 1.54) is 0 Å². The molecule has 3 nitrogen and oxygen atoms in total. The Labute approximate surface area is 116 Å². The molecule has 0 fully saturated rings. The number of carbonyl (C=O) groups excluding carboxylic acids is 1. The quantitative estimate of drug-likeness (QED) is 0.900. The number of benzene rings is 1. The van der Waals surface area contributed by atoms with E-state index in [2.05, 4.69) is 5.32 Å². The van der Waals surface area contributed by atoms with Crippen LogP contribution < -0.4 is 5.32 Å². The van der Waals surface area contributed by atoms with Crippen LogP contribution >= 0.6 is 0 Å². The first-order valence-electron chi connectivity index (χ1n) is 6.43. The van der Waals surface area contributed by atoms with E-state index in [-0.39, 0.29) is 6.54 Å². The minimum absolute atomic E-state index is 0.0889. The maximum absolute atomic E-state index is 12.5. The molecule has 0 aromatic heterocycles. The van der Waals surface area contributed by atoms with Crippen LogP contribution in [0.5, 0.6) is 0 Å². The molecule has 1 rings (SSSR count). The second-order valence-corrected chi connectivity index (χ2v) is 4.62. The van der Waals surface area contributed by atoms with Crippen molar-refractivity contribution in [3.8, 4) is 0 Å². The second-order valence-electron chi connectivity index (χ2n) is 4.62. The Hall–Kier alpha value is -1.72. The number of halogens is 3. The molecule has 0 saturated heterocycles. The molecule has 0 radical (unpaired) electrons. The van der Waals surface area contributed by atoms with Gasteiger partial charge in [0.15, 0.2) is 0 Å². The summed E-state index contributed by atoms with van der Waals surface area (Å²) >= 11 is 0. The number of nitrogens with one attached hydrogen (secondary N) is 1.